The van der Waals surface area contributed by atoms with Gasteiger partial charge in [-0.2, -0.15) is 0 Å². The molecular weight excluding hydrogens is 629 g/mol. The van der Waals surface area contributed by atoms with Crippen molar-refractivity contribution in [1.29, 1.82) is 0 Å². The predicted molar refractivity (Wildman–Crippen MR) is 205 cm³/mol. The molecule has 3 saturated carbocycles. The maximum absolute atomic E-state index is 12.6. The Hall–Kier alpha value is -1.26. The quantitative estimate of drug-likeness (QED) is 0.129. The van der Waals surface area contributed by atoms with Gasteiger partial charge >= 0.3 is 5.97 Å². The molecule has 0 radical (unpaired) electrons. The van der Waals surface area contributed by atoms with Gasteiger partial charge in [0, 0.05) is 6.42 Å². The Morgan fingerprint density at radius 1 is 0.958 bits per heavy atom. The third-order valence-electron chi connectivity index (χ3n) is 13.1. The van der Waals surface area contributed by atoms with Gasteiger partial charge in [0.05, 0.1) is 18.3 Å². The molecule has 5 atom stereocenters. The first kappa shape index (κ1) is 39.5. The van der Waals surface area contributed by atoms with E-state index in [1.807, 2.05) is 0 Å². The summed E-state index contributed by atoms with van der Waals surface area (Å²) in [6.45, 7) is 32.6. The Morgan fingerprint density at radius 2 is 1.58 bits per heavy atom. The van der Waals surface area contributed by atoms with Gasteiger partial charge in [0.25, 0.3) is 0 Å². The van der Waals surface area contributed by atoms with Crippen molar-refractivity contribution in [1.82, 2.24) is 0 Å². The molecule has 0 bridgehead atoms. The molecule has 0 aromatic rings. The Balaban J connectivity index is 1.50. The third-order valence-corrected chi connectivity index (χ3v) is 22.1. The monoisotopic (exact) mass is 698 g/mol. The van der Waals surface area contributed by atoms with Gasteiger partial charge in [0.2, 0.25) is 0 Å². The molecule has 0 aliphatic heterocycles. The van der Waals surface area contributed by atoms with Crippen LogP contribution < -0.4 is 0 Å². The van der Waals surface area contributed by atoms with Crippen LogP contribution in [0.15, 0.2) is 47.1 Å². The first-order valence-corrected chi connectivity index (χ1v) is 24.9. The highest BCUT2D eigenvalue weighted by molar-refractivity contribution is 6.74. The molecule has 4 aliphatic rings. The minimum atomic E-state index is -2.01. The number of hydrogen-bond acceptors (Lipinski definition) is 5. The van der Waals surface area contributed by atoms with E-state index in [-0.39, 0.29) is 52.5 Å². The molecule has 0 saturated heterocycles. The van der Waals surface area contributed by atoms with E-state index in [1.54, 1.807) is 0 Å². The number of hydrogen-bond donors (Lipinski definition) is 0. The standard InChI is InChI=1S/C41H70O5Si2/c1-29-32(26-34(45-47(10,11)39(3,4)5)27-37(29)46-48(12,13)40(6,7)8)22-21-31-18-17-25-41(9)35(23-24-36(31)41)30(2)43-28-38(42)44-33-19-15-14-16-20-33/h21-23,30,33-34,36-37H,1,14-20,24-28H2,2-13H3/t30-,34+,36-,37-,41+/m0/s1. The van der Waals surface area contributed by atoms with Crippen molar-refractivity contribution >= 4 is 22.6 Å². The molecule has 0 aromatic carbocycles. The molecule has 3 fully saturated rings. The van der Waals surface area contributed by atoms with Crippen LogP contribution >= 0.6 is 0 Å². The highest BCUT2D eigenvalue weighted by Crippen LogP contribution is 2.56. The second kappa shape index (κ2) is 15.2. The summed E-state index contributed by atoms with van der Waals surface area (Å²) in [5, 5.41) is 0.280. The van der Waals surface area contributed by atoms with E-state index < -0.39 is 16.6 Å². The molecule has 5 nitrogen and oxygen atoms in total. The molecule has 0 aromatic heterocycles. The summed E-state index contributed by atoms with van der Waals surface area (Å²) in [6.07, 6.45) is 19.0. The average Bonchev–Trinajstić information content (AvgIpc) is 3.33. The van der Waals surface area contributed by atoms with E-state index in [4.69, 9.17) is 18.3 Å². The lowest BCUT2D eigenvalue weighted by atomic mass is 9.63. The highest BCUT2D eigenvalue weighted by atomic mass is 28.4. The number of esters is 1. The first-order chi connectivity index (χ1) is 22.1. The van der Waals surface area contributed by atoms with E-state index in [2.05, 4.69) is 106 Å². The molecular formula is C41H70O5Si2. The predicted octanol–water partition coefficient (Wildman–Crippen LogP) is 11.4. The zero-order valence-electron chi connectivity index (χ0n) is 32.9. The van der Waals surface area contributed by atoms with Crippen LogP contribution in [0.25, 0.3) is 0 Å². The van der Waals surface area contributed by atoms with Crippen LogP contribution in [0.2, 0.25) is 36.3 Å². The van der Waals surface area contributed by atoms with Crippen molar-refractivity contribution in [2.45, 2.75) is 187 Å². The van der Waals surface area contributed by atoms with E-state index in [9.17, 15) is 4.79 Å². The molecule has 48 heavy (non-hydrogen) atoms. The van der Waals surface area contributed by atoms with Crippen LogP contribution in [-0.2, 0) is 23.1 Å². The summed E-state index contributed by atoms with van der Waals surface area (Å²) in [5.41, 5.74) is 5.34. The highest BCUT2D eigenvalue weighted by Gasteiger charge is 2.47. The molecule has 0 amide bonds. The second-order valence-electron chi connectivity index (χ2n) is 18.7. The fourth-order valence-electron chi connectivity index (χ4n) is 7.93. The van der Waals surface area contributed by atoms with E-state index >= 15 is 0 Å². The summed E-state index contributed by atoms with van der Waals surface area (Å²) in [7, 11) is -3.97. The molecule has 0 heterocycles. The van der Waals surface area contributed by atoms with Gasteiger partial charge in [-0.05, 0) is 129 Å². The van der Waals surface area contributed by atoms with Crippen LogP contribution in [0.1, 0.15) is 126 Å². The number of carbonyl (C=O) groups excluding carboxylic acids is 1. The summed E-state index contributed by atoms with van der Waals surface area (Å²) >= 11 is 0. The SMILES string of the molecule is C=C1C(=CC=C2CCC[C@]3(C)C([C@H](C)OCC(=O)OC4CCCCC4)=CC[C@@H]23)C[C@@H](O[Si](C)(C)C(C)(C)C)C[C@@H]1O[Si](C)(C)C(C)(C)C. The van der Waals surface area contributed by atoms with Crippen LogP contribution in [0, 0.1) is 11.3 Å². The van der Waals surface area contributed by atoms with Gasteiger partial charge in [-0.3, -0.25) is 0 Å². The second-order valence-corrected chi connectivity index (χ2v) is 28.2. The van der Waals surface area contributed by atoms with Crippen molar-refractivity contribution in [3.8, 4) is 0 Å². The Bertz CT molecular complexity index is 1260. The average molecular weight is 699 g/mol. The smallest absolute Gasteiger partial charge is 0.332 e. The molecule has 272 valence electrons. The lowest BCUT2D eigenvalue weighted by Gasteiger charge is -2.45. The zero-order valence-corrected chi connectivity index (χ0v) is 34.9. The Morgan fingerprint density at radius 3 is 2.21 bits per heavy atom. The van der Waals surface area contributed by atoms with Crippen molar-refractivity contribution in [3.63, 3.8) is 0 Å². The summed E-state index contributed by atoms with van der Waals surface area (Å²) < 4.78 is 26.1. The maximum atomic E-state index is 12.6. The van der Waals surface area contributed by atoms with E-state index in [0.717, 1.165) is 69.8 Å². The molecule has 0 spiro atoms. The van der Waals surface area contributed by atoms with Gasteiger partial charge in [0.1, 0.15) is 12.7 Å². The molecule has 7 heteroatoms. The van der Waals surface area contributed by atoms with Crippen LogP contribution in [0.3, 0.4) is 0 Å². The van der Waals surface area contributed by atoms with Crippen molar-refractivity contribution in [2.75, 3.05) is 6.61 Å². The van der Waals surface area contributed by atoms with Crippen LogP contribution in [-0.4, -0.2) is 53.6 Å². The number of ether oxygens (including phenoxy) is 2. The van der Waals surface area contributed by atoms with E-state index in [0.29, 0.717) is 5.92 Å². The van der Waals surface area contributed by atoms with Crippen molar-refractivity contribution in [3.05, 3.63) is 47.1 Å². The lowest BCUT2D eigenvalue weighted by molar-refractivity contribution is -0.157. The van der Waals surface area contributed by atoms with Crippen molar-refractivity contribution < 1.29 is 23.1 Å². The number of allylic oxidation sites excluding steroid dienone is 4. The first-order valence-electron chi connectivity index (χ1n) is 19.1. The summed E-state index contributed by atoms with van der Waals surface area (Å²) in [6, 6.07) is 0. The van der Waals surface area contributed by atoms with E-state index in [1.165, 1.54) is 23.1 Å². The molecule has 0 unspecified atom stereocenters. The Labute approximate surface area is 296 Å². The summed E-state index contributed by atoms with van der Waals surface area (Å²) in [5.74, 6) is 0.234. The molecule has 4 rings (SSSR count). The normalized spacial score (nSPS) is 30.4. The third kappa shape index (κ3) is 9.15. The molecule has 4 aliphatic carbocycles. The minimum absolute atomic E-state index is 0.0155. The largest absolute Gasteiger partial charge is 0.461 e. The topological polar surface area (TPSA) is 54.0 Å². The fraction of sp³-hybridized carbons (Fsp3) is 0.780. The minimum Gasteiger partial charge on any atom is -0.461 e. The zero-order chi connectivity index (χ0) is 35.7. The van der Waals surface area contributed by atoms with Gasteiger partial charge in [0.15, 0.2) is 16.6 Å². The van der Waals surface area contributed by atoms with Gasteiger partial charge in [-0.15, -0.1) is 0 Å². The lowest BCUT2D eigenvalue weighted by Crippen LogP contribution is -2.49. The van der Waals surface area contributed by atoms with Crippen LogP contribution in [0.5, 0.6) is 0 Å². The Kier molecular flexibility index (Phi) is 12.5. The van der Waals surface area contributed by atoms with Gasteiger partial charge in [-0.1, -0.05) is 85.3 Å². The number of carbonyl (C=O) groups is 1. The number of fused-ring (bicyclic) bond motifs is 1. The van der Waals surface area contributed by atoms with Gasteiger partial charge in [-0.25, -0.2) is 4.79 Å². The maximum Gasteiger partial charge on any atom is 0.332 e. The number of rotatable bonds is 10. The van der Waals surface area contributed by atoms with Crippen molar-refractivity contribution in [2.24, 2.45) is 11.3 Å². The fourth-order valence-corrected chi connectivity index (χ4v) is 10.6. The molecule has 0 N–H and O–H groups in total. The van der Waals surface area contributed by atoms with Gasteiger partial charge < -0.3 is 18.3 Å². The summed E-state index contributed by atoms with van der Waals surface area (Å²) in [4.78, 5) is 12.6. The van der Waals surface area contributed by atoms with Crippen LogP contribution in [0.4, 0.5) is 0 Å².